The van der Waals surface area contributed by atoms with E-state index in [0.29, 0.717) is 11.3 Å². The first-order chi connectivity index (χ1) is 20.0. The molecule has 43 heavy (non-hydrogen) atoms. The second kappa shape index (κ2) is 10.9. The molecule has 5 rings (SSSR count). The number of likely N-dealkylation sites (tertiary alicyclic amines) is 1. The molecule has 0 radical (unpaired) electrons. The van der Waals surface area contributed by atoms with Gasteiger partial charge in [0.1, 0.15) is 12.6 Å². The molecule has 232 valence electrons. The molecular formula is C25H29Cl3N8O7. The standard InChI is InChI=1S/C25H29Cl3N8O7/c1-11-7-13(3-4-14(11)29)20(39)32-16-9-36-21(33-22(40)43-10-23(26,27)28)31-15(8-35-17(37)5-6-18(35)38)19-24(36,25(16,41)42)34-12(2)30-19/h3-4,7,15-16,19,30,34,41-42H,2,5-6,8-10,29H2,1H3,(H,32,39)(H,31,33,40)/t15-,16?,19-,24-/m0/s1. The van der Waals surface area contributed by atoms with Crippen LogP contribution in [0.5, 0.6) is 0 Å². The zero-order chi connectivity index (χ0) is 31.5. The number of amides is 4. The fourth-order valence-electron chi connectivity index (χ4n) is 5.78. The van der Waals surface area contributed by atoms with Crippen molar-refractivity contribution in [1.82, 2.24) is 31.1 Å². The third-order valence-electron chi connectivity index (χ3n) is 7.83. The van der Waals surface area contributed by atoms with E-state index in [1.165, 1.54) is 11.0 Å². The average molecular weight is 660 g/mol. The SMILES string of the molecule is C=C1N[C@H]2[C@H](CN3C(=O)CCC3=O)N=C(NC(=O)OCC(Cl)(Cl)Cl)N3CC(NC(=O)c4ccc(N)c(C)c4)C(O)(O)[C@]23N1. The summed E-state index contributed by atoms with van der Waals surface area (Å²) in [5, 5.41) is 34.6. The van der Waals surface area contributed by atoms with Gasteiger partial charge >= 0.3 is 6.09 Å². The van der Waals surface area contributed by atoms with Crippen molar-refractivity contribution in [3.63, 3.8) is 0 Å². The Morgan fingerprint density at radius 3 is 2.56 bits per heavy atom. The molecule has 8 N–H and O–H groups in total. The first kappa shape index (κ1) is 30.9. The minimum absolute atomic E-state index is 0.0205. The maximum absolute atomic E-state index is 13.2. The number of nitrogens with zero attached hydrogens (tertiary/aromatic N) is 3. The highest BCUT2D eigenvalue weighted by Gasteiger charge is 2.74. The van der Waals surface area contributed by atoms with Crippen LogP contribution in [0.1, 0.15) is 28.8 Å². The van der Waals surface area contributed by atoms with Crippen molar-refractivity contribution >= 4 is 70.3 Å². The molecule has 4 aliphatic heterocycles. The van der Waals surface area contributed by atoms with E-state index in [9.17, 15) is 29.4 Å². The first-order valence-electron chi connectivity index (χ1n) is 13.1. The number of alkyl carbamates (subject to hydrolysis) is 1. The Bertz CT molecular complexity index is 1420. The van der Waals surface area contributed by atoms with Crippen molar-refractivity contribution in [1.29, 1.82) is 0 Å². The number of halogens is 3. The summed E-state index contributed by atoms with van der Waals surface area (Å²) < 4.78 is 3.07. The molecule has 4 heterocycles. The average Bonchev–Trinajstić information content (AvgIpc) is 3.51. The number of imide groups is 1. The molecule has 3 saturated heterocycles. The molecule has 1 unspecified atom stereocenters. The number of carbonyl (C=O) groups is 4. The molecule has 15 nitrogen and oxygen atoms in total. The smallest absolute Gasteiger partial charge is 0.414 e. The number of ether oxygens (including phenoxy) is 1. The van der Waals surface area contributed by atoms with Gasteiger partial charge in [-0.25, -0.2) is 9.79 Å². The van der Waals surface area contributed by atoms with Gasteiger partial charge in [0.25, 0.3) is 5.91 Å². The Morgan fingerprint density at radius 2 is 1.93 bits per heavy atom. The van der Waals surface area contributed by atoms with Crippen LogP contribution in [-0.4, -0.2) is 103 Å². The Hall–Kier alpha value is -3.50. The number of rotatable bonds is 5. The van der Waals surface area contributed by atoms with Gasteiger partial charge in [0.2, 0.25) is 27.4 Å². The van der Waals surface area contributed by atoms with Crippen LogP contribution in [0.4, 0.5) is 10.5 Å². The summed E-state index contributed by atoms with van der Waals surface area (Å²) in [6, 6.07) is 1.15. The molecule has 1 spiro atoms. The Balaban J connectivity index is 1.51. The van der Waals surface area contributed by atoms with E-state index in [-0.39, 0.29) is 43.3 Å². The van der Waals surface area contributed by atoms with Crippen LogP contribution in [0.2, 0.25) is 0 Å². The van der Waals surface area contributed by atoms with Crippen LogP contribution >= 0.6 is 34.8 Å². The lowest BCUT2D eigenvalue weighted by molar-refractivity contribution is -0.231. The van der Waals surface area contributed by atoms with Crippen molar-refractivity contribution in [2.75, 3.05) is 25.4 Å². The number of aryl methyl sites for hydroxylation is 1. The zero-order valence-corrected chi connectivity index (χ0v) is 25.0. The highest BCUT2D eigenvalue weighted by molar-refractivity contribution is 6.67. The second-order valence-electron chi connectivity index (χ2n) is 10.7. The molecular weight excluding hydrogens is 631 g/mol. The number of anilines is 1. The number of nitrogens with one attached hydrogen (secondary N) is 4. The van der Waals surface area contributed by atoms with Crippen molar-refractivity contribution in [3.8, 4) is 0 Å². The summed E-state index contributed by atoms with van der Waals surface area (Å²) in [6.45, 7) is 4.42. The van der Waals surface area contributed by atoms with Crippen molar-refractivity contribution in [3.05, 3.63) is 41.7 Å². The van der Waals surface area contributed by atoms with Crippen molar-refractivity contribution in [2.45, 2.75) is 53.1 Å². The predicted molar refractivity (Wildman–Crippen MR) is 155 cm³/mol. The summed E-state index contributed by atoms with van der Waals surface area (Å²) in [4.78, 5) is 57.8. The van der Waals surface area contributed by atoms with Crippen LogP contribution in [0, 0.1) is 6.92 Å². The molecule has 1 aromatic carbocycles. The van der Waals surface area contributed by atoms with E-state index in [1.807, 2.05) is 0 Å². The highest BCUT2D eigenvalue weighted by Crippen LogP contribution is 2.45. The molecule has 0 aromatic heterocycles. The number of aliphatic imine (C=N–C) groups is 1. The number of nitrogen functional groups attached to an aromatic ring is 1. The third kappa shape index (κ3) is 5.51. The van der Waals surface area contributed by atoms with Crippen LogP contribution in [0.25, 0.3) is 0 Å². The normalized spacial score (nSPS) is 27.6. The number of benzene rings is 1. The topological polar surface area (TPSA) is 211 Å². The number of hydrogen-bond acceptors (Lipinski definition) is 12. The molecule has 3 fully saturated rings. The van der Waals surface area contributed by atoms with Gasteiger partial charge in [0, 0.05) is 30.6 Å². The number of carbonyl (C=O) groups excluding carboxylic acids is 4. The minimum atomic E-state index is -2.76. The Labute approximate surface area is 260 Å². The van der Waals surface area contributed by atoms with E-state index >= 15 is 0 Å². The fourth-order valence-corrected chi connectivity index (χ4v) is 5.94. The first-order valence-corrected chi connectivity index (χ1v) is 14.2. The summed E-state index contributed by atoms with van der Waals surface area (Å²) in [6.07, 6.45) is -1.05. The number of aliphatic hydroxyl groups is 2. The predicted octanol–water partition coefficient (Wildman–Crippen LogP) is -0.615. The summed E-state index contributed by atoms with van der Waals surface area (Å²) >= 11 is 17.1. The lowest BCUT2D eigenvalue weighted by Crippen LogP contribution is -2.78. The van der Waals surface area contributed by atoms with Gasteiger partial charge in [-0.3, -0.25) is 24.6 Å². The van der Waals surface area contributed by atoms with Gasteiger partial charge in [-0.1, -0.05) is 41.4 Å². The van der Waals surface area contributed by atoms with Crippen LogP contribution in [-0.2, 0) is 14.3 Å². The van der Waals surface area contributed by atoms with Crippen LogP contribution in [0.15, 0.2) is 35.6 Å². The van der Waals surface area contributed by atoms with Gasteiger partial charge in [-0.15, -0.1) is 0 Å². The van der Waals surface area contributed by atoms with Crippen LogP contribution < -0.4 is 27.0 Å². The number of alkyl halides is 3. The van der Waals surface area contributed by atoms with E-state index < -0.39 is 63.8 Å². The summed E-state index contributed by atoms with van der Waals surface area (Å²) in [5.41, 5.74) is 5.29. The monoisotopic (exact) mass is 658 g/mol. The number of hydrogen-bond donors (Lipinski definition) is 7. The van der Waals surface area contributed by atoms with Gasteiger partial charge in [0.05, 0.1) is 24.4 Å². The van der Waals surface area contributed by atoms with Gasteiger partial charge in [-0.2, -0.15) is 0 Å². The van der Waals surface area contributed by atoms with Gasteiger partial charge < -0.3 is 41.5 Å². The zero-order valence-electron chi connectivity index (χ0n) is 22.7. The molecule has 1 aromatic rings. The second-order valence-corrected chi connectivity index (χ2v) is 13.2. The van der Waals surface area contributed by atoms with Crippen LogP contribution in [0.3, 0.4) is 0 Å². The molecule has 4 aliphatic rings. The molecule has 4 atom stereocenters. The largest absolute Gasteiger partial charge is 0.445 e. The molecule has 4 amide bonds. The van der Waals surface area contributed by atoms with Crippen molar-refractivity contribution in [2.24, 2.45) is 4.99 Å². The van der Waals surface area contributed by atoms with E-state index in [2.05, 4.69) is 32.8 Å². The number of guanidine groups is 1. The minimum Gasteiger partial charge on any atom is -0.445 e. The van der Waals surface area contributed by atoms with Gasteiger partial charge in [-0.05, 0) is 30.7 Å². The molecule has 0 aliphatic carbocycles. The molecule has 0 saturated carbocycles. The van der Waals surface area contributed by atoms with E-state index in [1.54, 1.807) is 19.1 Å². The lowest BCUT2D eigenvalue weighted by atomic mass is 9.85. The molecule has 18 heteroatoms. The Morgan fingerprint density at radius 1 is 1.26 bits per heavy atom. The lowest BCUT2D eigenvalue weighted by Gasteiger charge is -2.49. The van der Waals surface area contributed by atoms with Gasteiger partial charge in [0.15, 0.2) is 5.66 Å². The highest BCUT2D eigenvalue weighted by atomic mass is 35.6. The maximum atomic E-state index is 13.2. The Kier molecular flexibility index (Phi) is 7.84. The third-order valence-corrected chi connectivity index (χ3v) is 8.16. The fraction of sp³-hybridized carbons (Fsp3) is 0.480. The summed E-state index contributed by atoms with van der Waals surface area (Å²) in [5.74, 6) is -4.31. The van der Waals surface area contributed by atoms with E-state index in [0.717, 1.165) is 4.90 Å². The maximum Gasteiger partial charge on any atom is 0.414 e. The van der Waals surface area contributed by atoms with E-state index in [4.69, 9.17) is 45.3 Å². The summed E-state index contributed by atoms with van der Waals surface area (Å²) in [7, 11) is 0. The van der Waals surface area contributed by atoms with Crippen molar-refractivity contribution < 1.29 is 34.1 Å². The quantitative estimate of drug-likeness (QED) is 0.0917. The molecule has 0 bridgehead atoms. The number of nitrogens with two attached hydrogens (primary N) is 1.